The van der Waals surface area contributed by atoms with E-state index in [-0.39, 0.29) is 0 Å². The van der Waals surface area contributed by atoms with Gasteiger partial charge >= 0.3 is 0 Å². The van der Waals surface area contributed by atoms with E-state index in [1.807, 2.05) is 0 Å². The molecule has 1 unspecified atom stereocenters. The molecule has 0 saturated carbocycles. The number of halogens is 5. The molecule has 18 heavy (non-hydrogen) atoms. The topological polar surface area (TPSA) is 0 Å². The van der Waals surface area contributed by atoms with E-state index >= 15 is 0 Å². The lowest BCUT2D eigenvalue weighted by Crippen LogP contribution is -1.98. The van der Waals surface area contributed by atoms with Gasteiger partial charge in [-0.05, 0) is 35.4 Å². The maximum Gasteiger partial charge on any atom is 0.194 e. The van der Waals surface area contributed by atoms with Crippen LogP contribution < -0.4 is 0 Å². The SMILES string of the molecule is Fc1cc(C(Br)c2ccc(Cl)cc2)cc(F)c1F. The third-order valence-corrected chi connectivity index (χ3v) is 3.77. The fraction of sp³-hybridized carbons (Fsp3) is 0.0769. The molecule has 2 rings (SSSR count). The summed E-state index contributed by atoms with van der Waals surface area (Å²) < 4.78 is 39.1. The van der Waals surface area contributed by atoms with Gasteiger partial charge in [-0.3, -0.25) is 0 Å². The highest BCUT2D eigenvalue weighted by Crippen LogP contribution is 2.32. The second-order valence-electron chi connectivity index (χ2n) is 3.71. The monoisotopic (exact) mass is 334 g/mol. The highest BCUT2D eigenvalue weighted by molar-refractivity contribution is 9.09. The van der Waals surface area contributed by atoms with E-state index in [9.17, 15) is 13.2 Å². The first-order valence-corrected chi connectivity index (χ1v) is 6.32. The van der Waals surface area contributed by atoms with E-state index in [2.05, 4.69) is 15.9 Å². The van der Waals surface area contributed by atoms with Crippen LogP contribution in [0.25, 0.3) is 0 Å². The van der Waals surface area contributed by atoms with E-state index in [1.54, 1.807) is 24.3 Å². The van der Waals surface area contributed by atoms with Gasteiger partial charge in [-0.2, -0.15) is 0 Å². The van der Waals surface area contributed by atoms with Crippen molar-refractivity contribution in [1.29, 1.82) is 0 Å². The van der Waals surface area contributed by atoms with Gasteiger partial charge in [0.15, 0.2) is 17.5 Å². The molecule has 0 aliphatic carbocycles. The maximum absolute atomic E-state index is 13.1. The van der Waals surface area contributed by atoms with E-state index < -0.39 is 22.3 Å². The number of hydrogen-bond acceptors (Lipinski definition) is 0. The first-order valence-electron chi connectivity index (χ1n) is 5.03. The molecular weight excluding hydrogens is 328 g/mol. The maximum atomic E-state index is 13.1. The summed E-state index contributed by atoms with van der Waals surface area (Å²) in [6.07, 6.45) is 0. The zero-order valence-electron chi connectivity index (χ0n) is 8.93. The van der Waals surface area contributed by atoms with Crippen LogP contribution in [0.2, 0.25) is 5.02 Å². The van der Waals surface area contributed by atoms with Gasteiger partial charge in [0.1, 0.15) is 0 Å². The Labute approximate surface area is 116 Å². The fourth-order valence-corrected chi connectivity index (χ4v) is 2.24. The van der Waals surface area contributed by atoms with Crippen molar-refractivity contribution in [2.24, 2.45) is 0 Å². The van der Waals surface area contributed by atoms with Gasteiger partial charge in [-0.15, -0.1) is 0 Å². The van der Waals surface area contributed by atoms with Gasteiger partial charge in [0, 0.05) is 5.02 Å². The molecule has 0 bridgehead atoms. The van der Waals surface area contributed by atoms with Gasteiger partial charge in [-0.25, -0.2) is 13.2 Å². The minimum atomic E-state index is -1.46. The van der Waals surface area contributed by atoms with Crippen molar-refractivity contribution >= 4 is 27.5 Å². The molecule has 0 aliphatic rings. The summed E-state index contributed by atoms with van der Waals surface area (Å²) in [5, 5.41) is 0.565. The smallest absolute Gasteiger partial charge is 0.194 e. The molecule has 94 valence electrons. The zero-order valence-corrected chi connectivity index (χ0v) is 11.3. The molecule has 2 aromatic carbocycles. The largest absolute Gasteiger partial charge is 0.204 e. The van der Waals surface area contributed by atoms with Crippen molar-refractivity contribution in [2.75, 3.05) is 0 Å². The molecule has 0 fully saturated rings. The Kier molecular flexibility index (Phi) is 3.97. The van der Waals surface area contributed by atoms with Gasteiger partial charge in [-0.1, -0.05) is 39.7 Å². The Morgan fingerprint density at radius 2 is 1.39 bits per heavy atom. The van der Waals surface area contributed by atoms with Crippen molar-refractivity contribution < 1.29 is 13.2 Å². The Balaban J connectivity index is 2.39. The Morgan fingerprint density at radius 1 is 0.889 bits per heavy atom. The van der Waals surface area contributed by atoms with Crippen LogP contribution in [0, 0.1) is 17.5 Å². The summed E-state index contributed by atoms with van der Waals surface area (Å²) in [6.45, 7) is 0. The molecule has 0 nitrogen and oxygen atoms in total. The Bertz CT molecular complexity index is 546. The molecule has 0 aromatic heterocycles. The van der Waals surface area contributed by atoms with Crippen molar-refractivity contribution in [2.45, 2.75) is 4.83 Å². The van der Waals surface area contributed by atoms with Crippen LogP contribution in [-0.4, -0.2) is 0 Å². The summed E-state index contributed by atoms with van der Waals surface area (Å²) in [5.74, 6) is -3.87. The van der Waals surface area contributed by atoms with Crippen molar-refractivity contribution in [1.82, 2.24) is 0 Å². The summed E-state index contributed by atoms with van der Waals surface area (Å²) in [6, 6.07) is 8.71. The number of alkyl halides is 1. The second kappa shape index (κ2) is 5.33. The normalized spacial score (nSPS) is 12.5. The van der Waals surface area contributed by atoms with E-state index in [4.69, 9.17) is 11.6 Å². The van der Waals surface area contributed by atoms with Crippen LogP contribution in [0.3, 0.4) is 0 Å². The average molecular weight is 336 g/mol. The van der Waals surface area contributed by atoms with Gasteiger partial charge in [0.25, 0.3) is 0 Å². The molecule has 1 atom stereocenters. The second-order valence-corrected chi connectivity index (χ2v) is 5.06. The van der Waals surface area contributed by atoms with Crippen molar-refractivity contribution in [3.63, 3.8) is 0 Å². The average Bonchev–Trinajstić information content (AvgIpc) is 2.35. The Hall–Kier alpha value is -1.00. The van der Waals surface area contributed by atoms with E-state index in [1.165, 1.54) is 0 Å². The number of benzene rings is 2. The van der Waals surface area contributed by atoms with Gasteiger partial charge in [0.05, 0.1) is 4.83 Å². The highest BCUT2D eigenvalue weighted by atomic mass is 79.9. The van der Waals surface area contributed by atoms with Gasteiger partial charge in [0.2, 0.25) is 0 Å². The van der Waals surface area contributed by atoms with Crippen LogP contribution in [0.5, 0.6) is 0 Å². The Morgan fingerprint density at radius 3 is 1.89 bits per heavy atom. The number of rotatable bonds is 2. The molecule has 0 spiro atoms. The van der Waals surface area contributed by atoms with Crippen LogP contribution >= 0.6 is 27.5 Å². The third kappa shape index (κ3) is 2.70. The standard InChI is InChI=1S/C13H7BrClF3/c14-12(7-1-3-9(15)4-2-7)8-5-10(16)13(18)11(17)6-8/h1-6,12H. The quantitative estimate of drug-likeness (QED) is 0.520. The molecule has 5 heteroatoms. The minimum Gasteiger partial charge on any atom is -0.204 e. The molecule has 0 heterocycles. The lowest BCUT2D eigenvalue weighted by atomic mass is 10.0. The predicted molar refractivity (Wildman–Crippen MR) is 68.5 cm³/mol. The van der Waals surface area contributed by atoms with Crippen LogP contribution in [0.4, 0.5) is 13.2 Å². The van der Waals surface area contributed by atoms with Crippen molar-refractivity contribution in [3.05, 3.63) is 70.0 Å². The molecular formula is C13H7BrClF3. The van der Waals surface area contributed by atoms with E-state index in [0.29, 0.717) is 10.6 Å². The lowest BCUT2D eigenvalue weighted by Gasteiger charge is -2.11. The lowest BCUT2D eigenvalue weighted by molar-refractivity contribution is 0.445. The molecule has 0 radical (unpaired) electrons. The molecule has 0 N–H and O–H groups in total. The van der Waals surface area contributed by atoms with Crippen LogP contribution in [0.15, 0.2) is 36.4 Å². The van der Waals surface area contributed by atoms with Crippen LogP contribution in [-0.2, 0) is 0 Å². The van der Waals surface area contributed by atoms with Crippen LogP contribution in [0.1, 0.15) is 16.0 Å². The summed E-state index contributed by atoms with van der Waals surface area (Å²) in [5.41, 5.74) is 1.07. The first-order chi connectivity index (χ1) is 8.49. The van der Waals surface area contributed by atoms with Gasteiger partial charge < -0.3 is 0 Å². The minimum absolute atomic E-state index is 0.300. The zero-order chi connectivity index (χ0) is 13.3. The summed E-state index contributed by atoms with van der Waals surface area (Å²) >= 11 is 9.06. The number of hydrogen-bond donors (Lipinski definition) is 0. The van der Waals surface area contributed by atoms with Crippen molar-refractivity contribution in [3.8, 4) is 0 Å². The fourth-order valence-electron chi connectivity index (χ4n) is 1.55. The first kappa shape index (κ1) is 13.4. The third-order valence-electron chi connectivity index (χ3n) is 2.46. The van der Waals surface area contributed by atoms with E-state index in [0.717, 1.165) is 17.7 Å². The molecule has 2 aromatic rings. The predicted octanol–water partition coefficient (Wildman–Crippen LogP) is 5.24. The highest BCUT2D eigenvalue weighted by Gasteiger charge is 2.16. The summed E-state index contributed by atoms with van der Waals surface area (Å²) in [7, 11) is 0. The molecule has 0 saturated heterocycles. The summed E-state index contributed by atoms with van der Waals surface area (Å²) in [4.78, 5) is -0.431. The molecule has 0 amide bonds. The molecule has 0 aliphatic heterocycles.